The number of allylic oxidation sites excluding steroid dienone is 2. The highest BCUT2D eigenvalue weighted by Crippen LogP contribution is 2.47. The Balaban J connectivity index is 2.19. The van der Waals surface area contributed by atoms with Gasteiger partial charge >= 0.3 is 0 Å². The first-order chi connectivity index (χ1) is 5.72. The number of hydrogen-bond donors (Lipinski definition) is 0. The number of nitriles is 1. The summed E-state index contributed by atoms with van der Waals surface area (Å²) in [5.74, 6) is 0.921. The summed E-state index contributed by atoms with van der Waals surface area (Å²) in [6.45, 7) is 0. The molecule has 2 aliphatic rings. The first kappa shape index (κ1) is 8.31. The van der Waals surface area contributed by atoms with Crippen LogP contribution in [0.3, 0.4) is 0 Å². The zero-order chi connectivity index (χ0) is 8.60. The van der Waals surface area contributed by atoms with Gasteiger partial charge in [0.1, 0.15) is 0 Å². The molecule has 2 heteroatoms. The lowest BCUT2D eigenvalue weighted by molar-refractivity contribution is 0.284. The lowest BCUT2D eigenvalue weighted by Gasteiger charge is -2.40. The Morgan fingerprint density at radius 1 is 1.50 bits per heavy atom. The fourth-order valence-corrected chi connectivity index (χ4v) is 3.40. The van der Waals surface area contributed by atoms with Gasteiger partial charge in [-0.3, -0.25) is 0 Å². The minimum atomic E-state index is 0.255. The smallest absolute Gasteiger partial charge is 0.0656 e. The van der Waals surface area contributed by atoms with Crippen LogP contribution < -0.4 is 0 Å². The normalized spacial score (nSPS) is 45.3. The predicted octanol–water partition coefficient (Wildman–Crippen LogP) is 3.02. The van der Waals surface area contributed by atoms with E-state index in [1.165, 1.54) is 6.42 Å². The van der Waals surface area contributed by atoms with E-state index in [9.17, 15) is 0 Å². The lowest BCUT2D eigenvalue weighted by atomic mass is 9.71. The van der Waals surface area contributed by atoms with E-state index in [0.29, 0.717) is 5.92 Å². The van der Waals surface area contributed by atoms with Gasteiger partial charge in [0.2, 0.25) is 0 Å². The maximum absolute atomic E-state index is 8.87. The topological polar surface area (TPSA) is 23.8 Å². The fraction of sp³-hybridized carbons (Fsp3) is 0.700. The minimum absolute atomic E-state index is 0.255. The molecular weight excluding hydrogens is 214 g/mol. The Hall–Kier alpha value is -0.290. The van der Waals surface area contributed by atoms with Crippen molar-refractivity contribution in [2.45, 2.75) is 30.0 Å². The van der Waals surface area contributed by atoms with Crippen LogP contribution in [0.25, 0.3) is 0 Å². The summed E-state index contributed by atoms with van der Waals surface area (Å²) in [7, 11) is 0. The van der Waals surface area contributed by atoms with Crippen molar-refractivity contribution < 1.29 is 0 Å². The van der Waals surface area contributed by atoms with Gasteiger partial charge < -0.3 is 0 Å². The summed E-state index contributed by atoms with van der Waals surface area (Å²) in [6.07, 6.45) is 8.97. The van der Waals surface area contributed by atoms with E-state index < -0.39 is 0 Å². The number of halogens is 1. The van der Waals surface area contributed by atoms with Crippen LogP contribution >= 0.6 is 15.9 Å². The average Bonchev–Trinajstić information content (AvgIpc) is 2.02. The highest BCUT2D eigenvalue weighted by Gasteiger charge is 2.39. The molecule has 64 valence electrons. The SMILES string of the molecule is N#C[C@@H]1C[C@@H]2C=CC[C@](Br)(C1)C2. The van der Waals surface area contributed by atoms with Crippen molar-refractivity contribution in [2.75, 3.05) is 0 Å². The molecule has 0 aromatic carbocycles. The Morgan fingerprint density at radius 3 is 3.00 bits per heavy atom. The first-order valence-electron chi connectivity index (χ1n) is 4.47. The van der Waals surface area contributed by atoms with Crippen LogP contribution in [0.5, 0.6) is 0 Å². The molecule has 2 aliphatic carbocycles. The van der Waals surface area contributed by atoms with E-state index >= 15 is 0 Å². The molecule has 2 bridgehead atoms. The van der Waals surface area contributed by atoms with Crippen molar-refractivity contribution in [1.82, 2.24) is 0 Å². The molecule has 0 radical (unpaired) electrons. The third kappa shape index (κ3) is 1.43. The standard InChI is InChI=1S/C10H12BrN/c11-10-3-1-2-8(5-10)4-9(6-10)7-12/h1-2,8-9H,3-6H2/t8-,9+,10+/m0/s1. The molecule has 0 spiro atoms. The molecule has 12 heavy (non-hydrogen) atoms. The Kier molecular flexibility index (Phi) is 2.00. The molecule has 3 atom stereocenters. The molecule has 0 unspecified atom stereocenters. The van der Waals surface area contributed by atoms with Gasteiger partial charge in [0.25, 0.3) is 0 Å². The second kappa shape index (κ2) is 2.88. The molecule has 0 aliphatic heterocycles. The summed E-state index contributed by atoms with van der Waals surface area (Å²) in [5.41, 5.74) is 0. The van der Waals surface area contributed by atoms with E-state index in [0.717, 1.165) is 19.3 Å². The van der Waals surface area contributed by atoms with Crippen molar-refractivity contribution in [3.63, 3.8) is 0 Å². The second-order valence-corrected chi connectivity index (χ2v) is 5.70. The molecule has 1 fully saturated rings. The fourth-order valence-electron chi connectivity index (χ4n) is 2.41. The monoisotopic (exact) mass is 225 g/mol. The maximum atomic E-state index is 8.87. The summed E-state index contributed by atoms with van der Waals surface area (Å²) >= 11 is 3.77. The highest BCUT2D eigenvalue weighted by molar-refractivity contribution is 9.10. The van der Waals surface area contributed by atoms with Gasteiger partial charge in [-0.05, 0) is 31.6 Å². The van der Waals surface area contributed by atoms with Gasteiger partial charge in [-0.25, -0.2) is 0 Å². The van der Waals surface area contributed by atoms with Crippen LogP contribution in [-0.4, -0.2) is 4.32 Å². The van der Waals surface area contributed by atoms with Gasteiger partial charge in [0.15, 0.2) is 0 Å². The van der Waals surface area contributed by atoms with Crippen molar-refractivity contribution in [1.29, 1.82) is 5.26 Å². The van der Waals surface area contributed by atoms with E-state index in [2.05, 4.69) is 34.2 Å². The quantitative estimate of drug-likeness (QED) is 0.460. The summed E-state index contributed by atoms with van der Waals surface area (Å²) in [4.78, 5) is 0. The van der Waals surface area contributed by atoms with Crippen LogP contribution in [0, 0.1) is 23.2 Å². The Morgan fingerprint density at radius 2 is 2.33 bits per heavy atom. The van der Waals surface area contributed by atoms with E-state index in [-0.39, 0.29) is 10.2 Å². The number of rotatable bonds is 0. The molecule has 0 saturated heterocycles. The number of hydrogen-bond acceptors (Lipinski definition) is 1. The van der Waals surface area contributed by atoms with Crippen molar-refractivity contribution in [3.8, 4) is 6.07 Å². The van der Waals surface area contributed by atoms with Gasteiger partial charge in [-0.2, -0.15) is 5.26 Å². The lowest BCUT2D eigenvalue weighted by Crippen LogP contribution is -2.34. The van der Waals surface area contributed by atoms with Gasteiger partial charge in [-0.15, -0.1) is 0 Å². The van der Waals surface area contributed by atoms with E-state index in [4.69, 9.17) is 5.26 Å². The van der Waals surface area contributed by atoms with Gasteiger partial charge in [0, 0.05) is 10.2 Å². The van der Waals surface area contributed by atoms with Crippen LogP contribution in [0.2, 0.25) is 0 Å². The molecule has 0 aromatic rings. The summed E-state index contributed by atoms with van der Waals surface area (Å²) in [5, 5.41) is 8.87. The largest absolute Gasteiger partial charge is 0.198 e. The Labute approximate surface area is 81.6 Å². The molecule has 2 rings (SSSR count). The van der Waals surface area contributed by atoms with E-state index in [1.54, 1.807) is 0 Å². The average molecular weight is 226 g/mol. The molecular formula is C10H12BrN. The number of alkyl halides is 1. The van der Waals surface area contributed by atoms with Crippen LogP contribution in [-0.2, 0) is 0 Å². The highest BCUT2D eigenvalue weighted by atomic mass is 79.9. The molecule has 0 amide bonds. The molecule has 1 saturated carbocycles. The van der Waals surface area contributed by atoms with Gasteiger partial charge in [-0.1, -0.05) is 28.1 Å². The molecule has 0 aromatic heterocycles. The first-order valence-corrected chi connectivity index (χ1v) is 5.26. The Bertz CT molecular complexity index is 253. The third-order valence-electron chi connectivity index (χ3n) is 2.90. The van der Waals surface area contributed by atoms with Crippen LogP contribution in [0.1, 0.15) is 25.7 Å². The zero-order valence-electron chi connectivity index (χ0n) is 6.96. The predicted molar refractivity (Wildman–Crippen MR) is 51.9 cm³/mol. The van der Waals surface area contributed by atoms with Crippen LogP contribution in [0.4, 0.5) is 0 Å². The summed E-state index contributed by atoms with van der Waals surface area (Å²) < 4.78 is 0.255. The van der Waals surface area contributed by atoms with Crippen molar-refractivity contribution in [2.24, 2.45) is 11.8 Å². The number of fused-ring (bicyclic) bond motifs is 2. The molecule has 0 heterocycles. The zero-order valence-corrected chi connectivity index (χ0v) is 8.55. The third-order valence-corrected chi connectivity index (χ3v) is 3.87. The van der Waals surface area contributed by atoms with E-state index in [1.807, 2.05) is 0 Å². The summed E-state index contributed by atoms with van der Waals surface area (Å²) in [6, 6.07) is 2.39. The van der Waals surface area contributed by atoms with Crippen LogP contribution in [0.15, 0.2) is 12.2 Å². The molecule has 0 N–H and O–H groups in total. The minimum Gasteiger partial charge on any atom is -0.198 e. The van der Waals surface area contributed by atoms with Gasteiger partial charge in [0.05, 0.1) is 6.07 Å². The maximum Gasteiger partial charge on any atom is 0.0656 e. The number of nitrogens with zero attached hydrogens (tertiary/aromatic N) is 1. The van der Waals surface area contributed by atoms with Crippen molar-refractivity contribution in [3.05, 3.63) is 12.2 Å². The van der Waals surface area contributed by atoms with Crippen molar-refractivity contribution >= 4 is 15.9 Å². The second-order valence-electron chi connectivity index (χ2n) is 4.01. The molecule has 1 nitrogen and oxygen atoms in total.